The van der Waals surface area contributed by atoms with Crippen LogP contribution in [0, 0.1) is 5.82 Å². The van der Waals surface area contributed by atoms with Crippen molar-refractivity contribution in [1.29, 1.82) is 0 Å². The van der Waals surface area contributed by atoms with Gasteiger partial charge in [-0.3, -0.25) is 9.59 Å². The van der Waals surface area contributed by atoms with E-state index in [0.717, 1.165) is 28.6 Å². The number of carbonyl (C=O) groups excluding carboxylic acids is 2. The van der Waals surface area contributed by atoms with Gasteiger partial charge in [0.2, 0.25) is 21.8 Å². The molecule has 0 aliphatic carbocycles. The van der Waals surface area contributed by atoms with Gasteiger partial charge in [0, 0.05) is 18.6 Å². The van der Waals surface area contributed by atoms with E-state index < -0.39 is 34.2 Å². The number of nitrogens with zero attached hydrogens (tertiary/aromatic N) is 2. The standard InChI is InChI=1S/C20H22Cl2FN3O4S/c1-3-10-26(12-19(27)24-18-11-14(21)4-9-17(18)22)20(28)13-25(2)31(29,30)16-7-5-15(23)6-8-16/h4-9,11H,3,10,12-13H2,1-2H3,(H,24,27). The highest BCUT2D eigenvalue weighted by Gasteiger charge is 2.26. The van der Waals surface area contributed by atoms with Crippen LogP contribution in [0.15, 0.2) is 47.4 Å². The molecule has 2 rings (SSSR count). The Bertz CT molecular complexity index is 1050. The van der Waals surface area contributed by atoms with Crippen molar-refractivity contribution in [2.24, 2.45) is 0 Å². The van der Waals surface area contributed by atoms with Crippen molar-refractivity contribution in [3.8, 4) is 0 Å². The van der Waals surface area contributed by atoms with E-state index >= 15 is 0 Å². The van der Waals surface area contributed by atoms with Crippen molar-refractivity contribution >= 4 is 50.7 Å². The van der Waals surface area contributed by atoms with Crippen molar-refractivity contribution in [1.82, 2.24) is 9.21 Å². The van der Waals surface area contributed by atoms with Gasteiger partial charge in [0.25, 0.3) is 0 Å². The Morgan fingerprint density at radius 1 is 1.06 bits per heavy atom. The third-order valence-electron chi connectivity index (χ3n) is 4.26. The molecule has 168 valence electrons. The number of nitrogens with one attached hydrogen (secondary N) is 1. The van der Waals surface area contributed by atoms with Gasteiger partial charge in [-0.2, -0.15) is 4.31 Å². The van der Waals surface area contributed by atoms with Gasteiger partial charge in [0.15, 0.2) is 0 Å². The molecule has 11 heteroatoms. The van der Waals surface area contributed by atoms with Gasteiger partial charge >= 0.3 is 0 Å². The topological polar surface area (TPSA) is 86.8 Å². The number of likely N-dealkylation sites (N-methyl/N-ethyl adjacent to an activating group) is 1. The summed E-state index contributed by atoms with van der Waals surface area (Å²) < 4.78 is 39.2. The monoisotopic (exact) mass is 489 g/mol. The van der Waals surface area contributed by atoms with Crippen LogP contribution in [-0.2, 0) is 19.6 Å². The first-order chi connectivity index (χ1) is 14.5. The van der Waals surface area contributed by atoms with E-state index in [0.29, 0.717) is 17.1 Å². The molecule has 0 unspecified atom stereocenters. The third-order valence-corrected chi connectivity index (χ3v) is 6.65. The summed E-state index contributed by atoms with van der Waals surface area (Å²) in [6.45, 7) is 1.30. The predicted molar refractivity (Wildman–Crippen MR) is 118 cm³/mol. The van der Waals surface area contributed by atoms with Crippen molar-refractivity contribution in [3.63, 3.8) is 0 Å². The van der Waals surface area contributed by atoms with Crippen LogP contribution in [-0.4, -0.2) is 56.1 Å². The lowest BCUT2D eigenvalue weighted by Gasteiger charge is -2.25. The lowest BCUT2D eigenvalue weighted by Crippen LogP contribution is -2.44. The molecule has 31 heavy (non-hydrogen) atoms. The van der Waals surface area contributed by atoms with Crippen LogP contribution in [0.5, 0.6) is 0 Å². The van der Waals surface area contributed by atoms with E-state index in [2.05, 4.69) is 5.32 Å². The van der Waals surface area contributed by atoms with Crippen molar-refractivity contribution in [3.05, 3.63) is 58.3 Å². The molecule has 0 heterocycles. The molecule has 0 spiro atoms. The fourth-order valence-corrected chi connectivity index (χ4v) is 4.14. The van der Waals surface area contributed by atoms with Gasteiger partial charge in [0.05, 0.1) is 28.7 Å². The van der Waals surface area contributed by atoms with E-state index in [9.17, 15) is 22.4 Å². The molecule has 7 nitrogen and oxygen atoms in total. The average Bonchev–Trinajstić information content (AvgIpc) is 2.70. The molecule has 0 aromatic heterocycles. The number of carbonyl (C=O) groups is 2. The smallest absolute Gasteiger partial charge is 0.244 e. The number of hydrogen-bond acceptors (Lipinski definition) is 4. The quantitative estimate of drug-likeness (QED) is 0.582. The molecule has 2 aromatic rings. The zero-order valence-electron chi connectivity index (χ0n) is 16.9. The Labute approximate surface area is 190 Å². The first-order valence-electron chi connectivity index (χ1n) is 9.29. The maximum Gasteiger partial charge on any atom is 0.244 e. The summed E-state index contributed by atoms with van der Waals surface area (Å²) in [6, 6.07) is 8.88. The first kappa shape index (κ1) is 25.1. The maximum absolute atomic E-state index is 13.1. The zero-order chi connectivity index (χ0) is 23.2. The summed E-state index contributed by atoms with van der Waals surface area (Å²) in [4.78, 5) is 26.3. The van der Waals surface area contributed by atoms with Gasteiger partial charge in [0.1, 0.15) is 5.82 Å². The van der Waals surface area contributed by atoms with Crippen molar-refractivity contribution < 1.29 is 22.4 Å². The van der Waals surface area contributed by atoms with Crippen LogP contribution < -0.4 is 5.32 Å². The van der Waals surface area contributed by atoms with Crippen molar-refractivity contribution in [2.75, 3.05) is 32.0 Å². The fraction of sp³-hybridized carbons (Fsp3) is 0.300. The number of benzene rings is 2. The minimum atomic E-state index is -4.00. The summed E-state index contributed by atoms with van der Waals surface area (Å²) in [5.74, 6) is -1.63. The molecule has 0 aliphatic heterocycles. The number of sulfonamides is 1. The Morgan fingerprint density at radius 3 is 2.32 bits per heavy atom. The number of amides is 2. The minimum absolute atomic E-state index is 0.139. The highest BCUT2D eigenvalue weighted by molar-refractivity contribution is 7.89. The van der Waals surface area contributed by atoms with Crippen LogP contribution in [0.4, 0.5) is 10.1 Å². The van der Waals surface area contributed by atoms with Gasteiger partial charge in [-0.15, -0.1) is 0 Å². The fourth-order valence-electron chi connectivity index (χ4n) is 2.68. The molecule has 0 radical (unpaired) electrons. The lowest BCUT2D eigenvalue weighted by molar-refractivity contribution is -0.134. The van der Waals surface area contributed by atoms with Gasteiger partial charge in [-0.1, -0.05) is 30.1 Å². The SMILES string of the molecule is CCCN(CC(=O)Nc1cc(Cl)ccc1Cl)C(=O)CN(C)S(=O)(=O)c1ccc(F)cc1. The number of anilines is 1. The van der Waals surface area contributed by atoms with E-state index in [-0.39, 0.29) is 23.0 Å². The molecule has 0 aliphatic rings. The van der Waals surface area contributed by atoms with E-state index in [4.69, 9.17) is 23.2 Å². The molecule has 0 fully saturated rings. The average molecular weight is 490 g/mol. The van der Waals surface area contributed by atoms with Crippen LogP contribution in [0.3, 0.4) is 0 Å². The molecule has 0 bridgehead atoms. The van der Waals surface area contributed by atoms with Gasteiger partial charge < -0.3 is 10.2 Å². The summed E-state index contributed by atoms with van der Waals surface area (Å²) in [5, 5.41) is 3.26. The summed E-state index contributed by atoms with van der Waals surface area (Å²) in [6.07, 6.45) is 0.561. The largest absolute Gasteiger partial charge is 0.332 e. The first-order valence-corrected chi connectivity index (χ1v) is 11.5. The van der Waals surface area contributed by atoms with E-state index in [1.54, 1.807) is 6.07 Å². The Hall–Kier alpha value is -2.20. The molecule has 0 saturated heterocycles. The van der Waals surface area contributed by atoms with Crippen molar-refractivity contribution in [2.45, 2.75) is 18.2 Å². The normalized spacial score (nSPS) is 11.4. The second kappa shape index (κ2) is 10.9. The van der Waals surface area contributed by atoms with Crippen LogP contribution in [0.1, 0.15) is 13.3 Å². The molecular formula is C20H22Cl2FN3O4S. The van der Waals surface area contributed by atoms with Crippen LogP contribution in [0.2, 0.25) is 10.0 Å². The highest BCUT2D eigenvalue weighted by Crippen LogP contribution is 2.25. The molecule has 0 saturated carbocycles. The van der Waals surface area contributed by atoms with Crippen LogP contribution in [0.25, 0.3) is 0 Å². The second-order valence-electron chi connectivity index (χ2n) is 6.70. The maximum atomic E-state index is 13.1. The third kappa shape index (κ3) is 6.90. The Morgan fingerprint density at radius 2 is 1.71 bits per heavy atom. The van der Waals surface area contributed by atoms with Gasteiger partial charge in [-0.05, 0) is 48.9 Å². The molecule has 1 N–H and O–H groups in total. The Kier molecular flexibility index (Phi) is 8.81. The summed E-state index contributed by atoms with van der Waals surface area (Å²) in [7, 11) is -2.76. The molecule has 2 amide bonds. The number of halogens is 3. The van der Waals surface area contributed by atoms with Crippen LogP contribution >= 0.6 is 23.2 Å². The zero-order valence-corrected chi connectivity index (χ0v) is 19.3. The minimum Gasteiger partial charge on any atom is -0.332 e. The Balaban J connectivity index is 2.07. The number of rotatable bonds is 9. The molecule has 0 atom stereocenters. The van der Waals surface area contributed by atoms with Gasteiger partial charge in [-0.25, -0.2) is 12.8 Å². The number of hydrogen-bond donors (Lipinski definition) is 1. The molecule has 2 aromatic carbocycles. The lowest BCUT2D eigenvalue weighted by atomic mass is 10.3. The second-order valence-corrected chi connectivity index (χ2v) is 9.59. The predicted octanol–water partition coefficient (Wildman–Crippen LogP) is 3.63. The highest BCUT2D eigenvalue weighted by atomic mass is 35.5. The van der Waals surface area contributed by atoms with E-state index in [1.807, 2.05) is 6.92 Å². The molecular weight excluding hydrogens is 468 g/mol. The van der Waals surface area contributed by atoms with E-state index in [1.165, 1.54) is 24.1 Å². The summed E-state index contributed by atoms with van der Waals surface area (Å²) >= 11 is 11.9. The summed E-state index contributed by atoms with van der Waals surface area (Å²) in [5.41, 5.74) is 0.305.